The molecule has 0 unspecified atom stereocenters. The van der Waals surface area contributed by atoms with Crippen LogP contribution >= 0.6 is 0 Å². The molecule has 4 aliphatic rings. The fourth-order valence-electron chi connectivity index (χ4n) is 8.58. The predicted molar refractivity (Wildman–Crippen MR) is 118 cm³/mol. The van der Waals surface area contributed by atoms with Gasteiger partial charge in [-0.15, -0.1) is 0 Å². The Hall–Kier alpha value is -0.590. The van der Waals surface area contributed by atoms with Gasteiger partial charge in [0, 0.05) is 6.42 Å². The summed E-state index contributed by atoms with van der Waals surface area (Å²) in [7, 11) is 0. The fourth-order valence-corrected chi connectivity index (χ4v) is 8.58. The summed E-state index contributed by atoms with van der Waals surface area (Å²) in [6.45, 7) is 12.5. The molecule has 3 saturated carbocycles. The lowest BCUT2D eigenvalue weighted by atomic mass is 9.46. The van der Waals surface area contributed by atoms with E-state index in [9.17, 15) is 4.79 Å². The van der Waals surface area contributed by atoms with Gasteiger partial charge in [-0.05, 0) is 97.4 Å². The third-order valence-electron chi connectivity index (χ3n) is 10.2. The van der Waals surface area contributed by atoms with Crippen LogP contribution in [0.4, 0.5) is 0 Å². The third kappa shape index (κ3) is 3.33. The summed E-state index contributed by atoms with van der Waals surface area (Å²) in [5, 5.41) is 0. The second-order valence-electron chi connectivity index (χ2n) is 12.0. The smallest absolute Gasteiger partial charge is 0.155 e. The molecule has 0 saturated heterocycles. The Labute approximate surface area is 174 Å². The second kappa shape index (κ2) is 7.59. The van der Waals surface area contributed by atoms with E-state index in [1.165, 1.54) is 63.4 Å². The van der Waals surface area contributed by atoms with Crippen molar-refractivity contribution in [1.82, 2.24) is 0 Å². The average Bonchev–Trinajstić information content (AvgIpc) is 2.99. The summed E-state index contributed by atoms with van der Waals surface area (Å²) in [4.78, 5) is 12.0. The maximum Gasteiger partial charge on any atom is 0.155 e. The van der Waals surface area contributed by atoms with Crippen LogP contribution in [-0.4, -0.2) is 5.78 Å². The number of carbonyl (C=O) groups is 1. The lowest BCUT2D eigenvalue weighted by Gasteiger charge is -2.58. The SMILES string of the molecule is CC(C)CCC[C@H](C)[C@H]1CC[C@H]2[C@H]3CCC4=CC(=O)CC[C@@]4(C)[C@@H]3CC[C@]12C. The zero-order valence-electron chi connectivity index (χ0n) is 19.2. The van der Waals surface area contributed by atoms with Crippen molar-refractivity contribution >= 4 is 5.78 Å². The largest absolute Gasteiger partial charge is 0.295 e. The van der Waals surface area contributed by atoms with Crippen LogP contribution in [0.25, 0.3) is 0 Å². The lowest BCUT2D eigenvalue weighted by Crippen LogP contribution is -2.50. The Morgan fingerprint density at radius 2 is 1.75 bits per heavy atom. The van der Waals surface area contributed by atoms with E-state index in [1.807, 2.05) is 0 Å². The van der Waals surface area contributed by atoms with Gasteiger partial charge in [-0.3, -0.25) is 4.79 Å². The highest BCUT2D eigenvalue weighted by atomic mass is 16.1. The van der Waals surface area contributed by atoms with E-state index in [1.54, 1.807) is 0 Å². The first-order chi connectivity index (χ1) is 13.3. The molecule has 0 bridgehead atoms. The van der Waals surface area contributed by atoms with Gasteiger partial charge in [0.1, 0.15) is 0 Å². The van der Waals surface area contributed by atoms with Crippen LogP contribution in [0.5, 0.6) is 0 Å². The number of fused-ring (bicyclic) bond motifs is 5. The van der Waals surface area contributed by atoms with Gasteiger partial charge in [0.2, 0.25) is 0 Å². The van der Waals surface area contributed by atoms with Crippen LogP contribution in [-0.2, 0) is 4.79 Å². The molecular formula is C27H44O. The average molecular weight is 385 g/mol. The summed E-state index contributed by atoms with van der Waals surface area (Å²) in [5.41, 5.74) is 2.43. The van der Waals surface area contributed by atoms with Gasteiger partial charge in [-0.1, -0.05) is 59.5 Å². The van der Waals surface area contributed by atoms with Crippen LogP contribution in [0.1, 0.15) is 105 Å². The minimum Gasteiger partial charge on any atom is -0.295 e. The molecular weight excluding hydrogens is 340 g/mol. The van der Waals surface area contributed by atoms with Crippen LogP contribution in [0.2, 0.25) is 0 Å². The molecule has 3 fully saturated rings. The molecule has 4 aliphatic carbocycles. The number of hydrogen-bond donors (Lipinski definition) is 0. The highest BCUT2D eigenvalue weighted by Gasteiger charge is 2.59. The molecule has 7 atom stereocenters. The Morgan fingerprint density at radius 1 is 0.964 bits per heavy atom. The van der Waals surface area contributed by atoms with Gasteiger partial charge < -0.3 is 0 Å². The quantitative estimate of drug-likeness (QED) is 0.477. The van der Waals surface area contributed by atoms with Gasteiger partial charge in [0.05, 0.1) is 0 Å². The highest BCUT2D eigenvalue weighted by molar-refractivity contribution is 5.91. The van der Waals surface area contributed by atoms with E-state index < -0.39 is 0 Å². The zero-order valence-corrected chi connectivity index (χ0v) is 19.2. The molecule has 0 aromatic carbocycles. The minimum atomic E-state index is 0.332. The maximum atomic E-state index is 12.0. The van der Waals surface area contributed by atoms with Crippen molar-refractivity contribution in [3.05, 3.63) is 11.6 Å². The Bertz CT molecular complexity index is 630. The molecule has 0 amide bonds. The Balaban J connectivity index is 1.49. The summed E-state index contributed by atoms with van der Waals surface area (Å²) in [6, 6.07) is 0. The first-order valence-electron chi connectivity index (χ1n) is 12.5. The monoisotopic (exact) mass is 384 g/mol. The van der Waals surface area contributed by atoms with Crippen molar-refractivity contribution in [2.75, 3.05) is 0 Å². The summed E-state index contributed by atoms with van der Waals surface area (Å²) in [6.07, 6.45) is 16.6. The van der Waals surface area contributed by atoms with E-state index >= 15 is 0 Å². The van der Waals surface area contributed by atoms with Gasteiger partial charge in [0.25, 0.3) is 0 Å². The molecule has 158 valence electrons. The topological polar surface area (TPSA) is 17.1 Å². The molecule has 0 aromatic heterocycles. The van der Waals surface area contributed by atoms with Crippen LogP contribution in [0.15, 0.2) is 11.6 Å². The van der Waals surface area contributed by atoms with E-state index in [0.717, 1.165) is 48.3 Å². The molecule has 0 aliphatic heterocycles. The number of rotatable bonds is 5. The van der Waals surface area contributed by atoms with Gasteiger partial charge in [-0.25, -0.2) is 0 Å². The van der Waals surface area contributed by atoms with Crippen LogP contribution in [0, 0.1) is 46.3 Å². The van der Waals surface area contributed by atoms with E-state index in [0.29, 0.717) is 16.6 Å². The molecule has 0 radical (unpaired) electrons. The number of carbonyl (C=O) groups excluding carboxylic acids is 1. The van der Waals surface area contributed by atoms with Crippen molar-refractivity contribution in [3.63, 3.8) is 0 Å². The molecule has 1 nitrogen and oxygen atoms in total. The normalized spacial score (nSPS) is 43.9. The van der Waals surface area contributed by atoms with Crippen molar-refractivity contribution in [2.24, 2.45) is 46.3 Å². The first-order valence-corrected chi connectivity index (χ1v) is 12.5. The van der Waals surface area contributed by atoms with E-state index in [-0.39, 0.29) is 0 Å². The fraction of sp³-hybridized carbons (Fsp3) is 0.889. The molecule has 28 heavy (non-hydrogen) atoms. The zero-order chi connectivity index (χ0) is 20.1. The standard InChI is InChI=1S/C27H44O/c1-18(2)7-6-8-19(3)23-11-12-24-22-10-9-20-17-21(28)13-15-26(20,4)25(22)14-16-27(23,24)5/h17-19,22-25H,6-16H2,1-5H3/t19-,22+,23+,24-,25+,26+,27+/m0/s1. The van der Waals surface area contributed by atoms with E-state index in [2.05, 4.69) is 40.7 Å². The second-order valence-corrected chi connectivity index (χ2v) is 12.0. The summed E-state index contributed by atoms with van der Waals surface area (Å²) >= 11 is 0. The Morgan fingerprint density at radius 3 is 2.50 bits per heavy atom. The molecule has 0 aromatic rings. The number of ketones is 1. The van der Waals surface area contributed by atoms with Crippen LogP contribution in [0.3, 0.4) is 0 Å². The highest BCUT2D eigenvalue weighted by Crippen LogP contribution is 2.67. The molecule has 4 rings (SSSR count). The van der Waals surface area contributed by atoms with Crippen molar-refractivity contribution in [1.29, 1.82) is 0 Å². The van der Waals surface area contributed by atoms with Gasteiger partial charge in [0.15, 0.2) is 5.78 Å². The van der Waals surface area contributed by atoms with Gasteiger partial charge >= 0.3 is 0 Å². The lowest BCUT2D eigenvalue weighted by molar-refractivity contribution is -0.117. The summed E-state index contributed by atoms with van der Waals surface area (Å²) < 4.78 is 0. The molecule has 0 spiro atoms. The van der Waals surface area contributed by atoms with Gasteiger partial charge in [-0.2, -0.15) is 0 Å². The Kier molecular flexibility index (Phi) is 5.60. The minimum absolute atomic E-state index is 0.332. The van der Waals surface area contributed by atoms with Crippen molar-refractivity contribution in [2.45, 2.75) is 105 Å². The first kappa shape index (κ1) is 20.7. The third-order valence-corrected chi connectivity index (χ3v) is 10.2. The molecule has 1 heteroatoms. The number of hydrogen-bond acceptors (Lipinski definition) is 1. The van der Waals surface area contributed by atoms with Crippen molar-refractivity contribution in [3.8, 4) is 0 Å². The van der Waals surface area contributed by atoms with E-state index in [4.69, 9.17) is 0 Å². The predicted octanol–water partition coefficient (Wildman–Crippen LogP) is 7.60. The molecule has 0 heterocycles. The van der Waals surface area contributed by atoms with Crippen molar-refractivity contribution < 1.29 is 4.79 Å². The maximum absolute atomic E-state index is 12.0. The van der Waals surface area contributed by atoms with Crippen LogP contribution < -0.4 is 0 Å². The number of allylic oxidation sites excluding steroid dienone is 1. The summed E-state index contributed by atoms with van der Waals surface area (Å²) in [5.74, 6) is 5.79. The molecule has 0 N–H and O–H groups in total.